The van der Waals surface area contributed by atoms with Crippen LogP contribution >= 0.6 is 0 Å². The largest absolute Gasteiger partial charge is 0.378 e. The average molecular weight is 306 g/mol. The first-order valence-corrected chi connectivity index (χ1v) is 7.54. The molecule has 0 spiro atoms. The molecule has 120 valence electrons. The van der Waals surface area contributed by atoms with E-state index >= 15 is 0 Å². The number of hydrogen-bond acceptors (Lipinski definition) is 5. The van der Waals surface area contributed by atoms with Gasteiger partial charge in [-0.2, -0.15) is 0 Å². The van der Waals surface area contributed by atoms with Crippen LogP contribution in [0.4, 0.5) is 5.82 Å². The van der Waals surface area contributed by atoms with Crippen LogP contribution in [0.5, 0.6) is 0 Å². The number of aromatic nitrogens is 1. The Morgan fingerprint density at radius 1 is 1.32 bits per heavy atom. The van der Waals surface area contributed by atoms with Crippen molar-refractivity contribution in [2.45, 2.75) is 13.3 Å². The van der Waals surface area contributed by atoms with Crippen LogP contribution in [-0.4, -0.2) is 61.1 Å². The van der Waals surface area contributed by atoms with Crippen molar-refractivity contribution in [1.82, 2.24) is 15.2 Å². The van der Waals surface area contributed by atoms with Gasteiger partial charge in [-0.3, -0.25) is 9.59 Å². The summed E-state index contributed by atoms with van der Waals surface area (Å²) in [5.74, 6) is 0.466. The molecule has 7 nitrogen and oxygen atoms in total. The number of carbonyl (C=O) groups excluding carboxylic acids is 2. The van der Waals surface area contributed by atoms with Crippen molar-refractivity contribution in [2.24, 2.45) is 0 Å². The molecule has 2 rings (SSSR count). The van der Waals surface area contributed by atoms with Crippen LogP contribution in [0.15, 0.2) is 18.3 Å². The summed E-state index contributed by atoms with van der Waals surface area (Å²) in [7, 11) is 0. The van der Waals surface area contributed by atoms with E-state index in [0.29, 0.717) is 44.2 Å². The van der Waals surface area contributed by atoms with Gasteiger partial charge < -0.3 is 20.3 Å². The number of morpholine rings is 1. The third-order valence-electron chi connectivity index (χ3n) is 3.35. The summed E-state index contributed by atoms with van der Waals surface area (Å²) in [6.45, 7) is 5.27. The summed E-state index contributed by atoms with van der Waals surface area (Å²) in [5.41, 5.74) is 0.513. The average Bonchev–Trinajstić information content (AvgIpc) is 2.58. The second-order valence-electron chi connectivity index (χ2n) is 5.03. The summed E-state index contributed by atoms with van der Waals surface area (Å²) in [4.78, 5) is 29.6. The number of hydrogen-bond donors (Lipinski definition) is 2. The number of ether oxygens (including phenoxy) is 1. The Labute approximate surface area is 130 Å². The fraction of sp³-hybridized carbons (Fsp3) is 0.533. The lowest BCUT2D eigenvalue weighted by Crippen LogP contribution is -2.43. The van der Waals surface area contributed by atoms with Gasteiger partial charge in [0.25, 0.3) is 5.91 Å². The standard InChI is InChI=1S/C15H22N4O3/c1-2-5-16-15(21)12-3-4-13(17-10-12)18-11-14(20)19-6-8-22-9-7-19/h3-4,10H,2,5-9,11H2,1H3,(H,16,21)(H,17,18). The fourth-order valence-corrected chi connectivity index (χ4v) is 2.06. The van der Waals surface area contributed by atoms with Crippen LogP contribution in [0, 0.1) is 0 Å². The second kappa shape index (κ2) is 8.33. The molecule has 2 heterocycles. The van der Waals surface area contributed by atoms with Crippen molar-refractivity contribution in [3.8, 4) is 0 Å². The minimum Gasteiger partial charge on any atom is -0.378 e. The molecule has 7 heteroatoms. The number of anilines is 1. The van der Waals surface area contributed by atoms with Gasteiger partial charge >= 0.3 is 0 Å². The highest BCUT2D eigenvalue weighted by atomic mass is 16.5. The molecule has 0 saturated carbocycles. The van der Waals surface area contributed by atoms with Crippen LogP contribution in [-0.2, 0) is 9.53 Å². The van der Waals surface area contributed by atoms with Crippen molar-refractivity contribution in [2.75, 3.05) is 44.7 Å². The van der Waals surface area contributed by atoms with E-state index in [0.717, 1.165) is 6.42 Å². The van der Waals surface area contributed by atoms with E-state index in [4.69, 9.17) is 4.74 Å². The Morgan fingerprint density at radius 2 is 2.09 bits per heavy atom. The summed E-state index contributed by atoms with van der Waals surface area (Å²) >= 11 is 0. The van der Waals surface area contributed by atoms with Gasteiger partial charge in [0.2, 0.25) is 5.91 Å². The molecule has 0 bridgehead atoms. The van der Waals surface area contributed by atoms with Crippen LogP contribution in [0.1, 0.15) is 23.7 Å². The predicted octanol–water partition coefficient (Wildman–Crippen LogP) is 0.492. The van der Waals surface area contributed by atoms with Gasteiger partial charge in [0.05, 0.1) is 25.3 Å². The highest BCUT2D eigenvalue weighted by molar-refractivity contribution is 5.94. The topological polar surface area (TPSA) is 83.6 Å². The van der Waals surface area contributed by atoms with E-state index in [9.17, 15) is 9.59 Å². The molecule has 0 aromatic carbocycles. The first kappa shape index (κ1) is 16.2. The summed E-state index contributed by atoms with van der Waals surface area (Å²) < 4.78 is 5.21. The summed E-state index contributed by atoms with van der Waals surface area (Å²) in [5, 5.41) is 5.77. The minimum absolute atomic E-state index is 0.0230. The predicted molar refractivity (Wildman–Crippen MR) is 82.7 cm³/mol. The number of amides is 2. The molecule has 1 aromatic heterocycles. The Hall–Kier alpha value is -2.15. The third kappa shape index (κ3) is 4.70. The molecular weight excluding hydrogens is 284 g/mol. The second-order valence-corrected chi connectivity index (χ2v) is 5.03. The van der Waals surface area contributed by atoms with Gasteiger partial charge in [0, 0.05) is 25.8 Å². The highest BCUT2D eigenvalue weighted by Crippen LogP contribution is 2.05. The molecule has 0 radical (unpaired) electrons. The summed E-state index contributed by atoms with van der Waals surface area (Å²) in [6, 6.07) is 3.40. The zero-order chi connectivity index (χ0) is 15.8. The minimum atomic E-state index is -0.134. The molecule has 0 atom stereocenters. The Bertz CT molecular complexity index is 498. The van der Waals surface area contributed by atoms with E-state index in [-0.39, 0.29) is 18.4 Å². The van der Waals surface area contributed by atoms with Crippen molar-refractivity contribution in [3.63, 3.8) is 0 Å². The van der Waals surface area contributed by atoms with Gasteiger partial charge in [-0.25, -0.2) is 4.98 Å². The number of pyridine rings is 1. The van der Waals surface area contributed by atoms with Crippen molar-refractivity contribution < 1.29 is 14.3 Å². The van der Waals surface area contributed by atoms with Crippen molar-refractivity contribution in [1.29, 1.82) is 0 Å². The number of nitrogens with zero attached hydrogens (tertiary/aromatic N) is 2. The smallest absolute Gasteiger partial charge is 0.252 e. The first-order chi connectivity index (χ1) is 10.7. The maximum atomic E-state index is 12.0. The van der Waals surface area contributed by atoms with Gasteiger partial charge in [-0.05, 0) is 18.6 Å². The van der Waals surface area contributed by atoms with E-state index in [2.05, 4.69) is 15.6 Å². The Kier molecular flexibility index (Phi) is 6.14. The lowest BCUT2D eigenvalue weighted by atomic mass is 10.2. The maximum absolute atomic E-state index is 12.0. The van der Waals surface area contributed by atoms with Gasteiger partial charge in [0.15, 0.2) is 0 Å². The lowest BCUT2D eigenvalue weighted by molar-refractivity contribution is -0.133. The fourth-order valence-electron chi connectivity index (χ4n) is 2.06. The van der Waals surface area contributed by atoms with Gasteiger partial charge in [-0.1, -0.05) is 6.92 Å². The molecule has 22 heavy (non-hydrogen) atoms. The molecule has 1 fully saturated rings. The lowest BCUT2D eigenvalue weighted by Gasteiger charge is -2.26. The normalized spacial score (nSPS) is 14.5. The van der Waals surface area contributed by atoms with Crippen LogP contribution in [0.2, 0.25) is 0 Å². The zero-order valence-corrected chi connectivity index (χ0v) is 12.8. The quantitative estimate of drug-likeness (QED) is 0.799. The maximum Gasteiger partial charge on any atom is 0.252 e. The first-order valence-electron chi connectivity index (χ1n) is 7.54. The zero-order valence-electron chi connectivity index (χ0n) is 12.8. The van der Waals surface area contributed by atoms with Crippen LogP contribution in [0.3, 0.4) is 0 Å². The molecular formula is C15H22N4O3. The molecule has 1 saturated heterocycles. The molecule has 1 aliphatic rings. The van der Waals surface area contributed by atoms with Crippen LogP contribution in [0.25, 0.3) is 0 Å². The molecule has 1 aliphatic heterocycles. The van der Waals surface area contributed by atoms with E-state index < -0.39 is 0 Å². The van der Waals surface area contributed by atoms with Crippen LogP contribution < -0.4 is 10.6 Å². The number of rotatable bonds is 6. The molecule has 0 unspecified atom stereocenters. The highest BCUT2D eigenvalue weighted by Gasteiger charge is 2.16. The Balaban J connectivity index is 1.80. The molecule has 0 aliphatic carbocycles. The Morgan fingerprint density at radius 3 is 2.73 bits per heavy atom. The van der Waals surface area contributed by atoms with E-state index in [1.54, 1.807) is 17.0 Å². The van der Waals surface area contributed by atoms with E-state index in [1.807, 2.05) is 6.92 Å². The SMILES string of the molecule is CCCNC(=O)c1ccc(NCC(=O)N2CCOCC2)nc1. The monoisotopic (exact) mass is 306 g/mol. The number of nitrogens with one attached hydrogen (secondary N) is 2. The summed E-state index contributed by atoms with van der Waals surface area (Å²) in [6.07, 6.45) is 2.40. The van der Waals surface area contributed by atoms with E-state index in [1.165, 1.54) is 6.20 Å². The van der Waals surface area contributed by atoms with Gasteiger partial charge in [-0.15, -0.1) is 0 Å². The molecule has 2 N–H and O–H groups in total. The molecule has 2 amide bonds. The van der Waals surface area contributed by atoms with Crippen molar-refractivity contribution >= 4 is 17.6 Å². The van der Waals surface area contributed by atoms with Gasteiger partial charge in [0.1, 0.15) is 5.82 Å². The third-order valence-corrected chi connectivity index (χ3v) is 3.35. The molecule has 1 aromatic rings. The van der Waals surface area contributed by atoms with Crippen molar-refractivity contribution in [3.05, 3.63) is 23.9 Å². The number of carbonyl (C=O) groups is 2.